The number of amides is 1. The maximum atomic E-state index is 13.6. The van der Waals surface area contributed by atoms with Crippen LogP contribution < -0.4 is 5.73 Å². The number of primary amides is 1. The molecule has 0 bridgehead atoms. The lowest BCUT2D eigenvalue weighted by Gasteiger charge is -2.11. The Hall–Kier alpha value is -3.27. The fourth-order valence-electron chi connectivity index (χ4n) is 3.07. The predicted molar refractivity (Wildman–Crippen MR) is 94.7 cm³/mol. The lowest BCUT2D eigenvalue weighted by atomic mass is 10.0. The van der Waals surface area contributed by atoms with Crippen molar-refractivity contribution in [3.63, 3.8) is 0 Å². The molecule has 0 aliphatic carbocycles. The number of alkyl halides is 3. The normalized spacial score (nSPS) is 11.7. The van der Waals surface area contributed by atoms with Crippen LogP contribution in [0.25, 0.3) is 5.82 Å². The summed E-state index contributed by atoms with van der Waals surface area (Å²) in [7, 11) is 0. The highest BCUT2D eigenvalue weighted by molar-refractivity contribution is 5.95. The average Bonchev–Trinajstić information content (AvgIpc) is 2.97. The van der Waals surface area contributed by atoms with E-state index in [2.05, 4.69) is 10.1 Å². The molecule has 2 heterocycles. The lowest BCUT2D eigenvalue weighted by Crippen LogP contribution is -2.15. The molecular formula is C19H16F4N4O2. The van der Waals surface area contributed by atoms with Crippen LogP contribution in [0.3, 0.4) is 0 Å². The van der Waals surface area contributed by atoms with Gasteiger partial charge in [-0.05, 0) is 54.8 Å². The number of aryl methyl sites for hydroxylation is 1. The predicted octanol–water partition coefficient (Wildman–Crippen LogP) is 2.92. The molecule has 0 radical (unpaired) electrons. The van der Waals surface area contributed by atoms with Gasteiger partial charge in [-0.1, -0.05) is 0 Å². The summed E-state index contributed by atoms with van der Waals surface area (Å²) in [6.07, 6.45) is -3.25. The third-order valence-corrected chi connectivity index (χ3v) is 4.27. The van der Waals surface area contributed by atoms with Gasteiger partial charge in [0.25, 0.3) is 5.91 Å². The second kappa shape index (κ2) is 7.63. The molecule has 0 saturated carbocycles. The molecule has 0 spiro atoms. The molecule has 1 aromatic carbocycles. The number of nitrogens with two attached hydrogens (primary N) is 1. The lowest BCUT2D eigenvalue weighted by molar-refractivity contribution is -0.137. The smallest absolute Gasteiger partial charge is 0.390 e. The number of rotatable bonds is 5. The molecule has 0 atom stereocenters. The molecule has 1 amide bonds. The van der Waals surface area contributed by atoms with Gasteiger partial charge in [0.2, 0.25) is 0 Å². The molecule has 0 aliphatic heterocycles. The van der Waals surface area contributed by atoms with Gasteiger partial charge in [-0.3, -0.25) is 4.79 Å². The Labute approximate surface area is 162 Å². The van der Waals surface area contributed by atoms with Crippen molar-refractivity contribution >= 4 is 5.91 Å². The number of nitrogens with zero attached hydrogens (tertiary/aromatic N) is 3. The van der Waals surface area contributed by atoms with Crippen molar-refractivity contribution in [2.75, 3.05) is 0 Å². The molecule has 0 fully saturated rings. The van der Waals surface area contributed by atoms with Crippen LogP contribution in [-0.4, -0.2) is 25.8 Å². The van der Waals surface area contributed by atoms with E-state index in [0.29, 0.717) is 17.3 Å². The Bertz CT molecular complexity index is 1080. The van der Waals surface area contributed by atoms with Crippen LogP contribution >= 0.6 is 0 Å². The Morgan fingerprint density at radius 2 is 1.93 bits per heavy atom. The molecule has 6 nitrogen and oxygen atoms in total. The van der Waals surface area contributed by atoms with Gasteiger partial charge in [0.15, 0.2) is 5.82 Å². The van der Waals surface area contributed by atoms with Gasteiger partial charge in [0, 0.05) is 6.20 Å². The SMILES string of the molecule is Cc1nn(-c2cc(Cc3cc(F)cc(C(F)(F)F)c3)ccn2)c(CO)c1C(N)=O. The fraction of sp³-hybridized carbons (Fsp3) is 0.211. The summed E-state index contributed by atoms with van der Waals surface area (Å²) in [6, 6.07) is 5.43. The molecule has 10 heteroatoms. The summed E-state index contributed by atoms with van der Waals surface area (Å²) in [5, 5.41) is 13.8. The van der Waals surface area contributed by atoms with Crippen LogP contribution in [0.5, 0.6) is 0 Å². The van der Waals surface area contributed by atoms with Crippen molar-refractivity contribution in [2.24, 2.45) is 5.73 Å². The molecule has 29 heavy (non-hydrogen) atoms. The monoisotopic (exact) mass is 408 g/mol. The van der Waals surface area contributed by atoms with E-state index in [1.807, 2.05) is 0 Å². The van der Waals surface area contributed by atoms with Gasteiger partial charge in [0.05, 0.1) is 29.1 Å². The van der Waals surface area contributed by atoms with Gasteiger partial charge < -0.3 is 10.8 Å². The number of aliphatic hydroxyl groups is 1. The summed E-state index contributed by atoms with van der Waals surface area (Å²) in [4.78, 5) is 15.7. The highest BCUT2D eigenvalue weighted by Crippen LogP contribution is 2.31. The maximum absolute atomic E-state index is 13.6. The van der Waals surface area contributed by atoms with E-state index in [0.717, 1.165) is 12.1 Å². The molecule has 3 N–H and O–H groups in total. The quantitative estimate of drug-likeness (QED) is 0.635. The molecule has 3 aromatic rings. The first-order valence-electron chi connectivity index (χ1n) is 8.41. The largest absolute Gasteiger partial charge is 0.416 e. The van der Waals surface area contributed by atoms with E-state index in [1.165, 1.54) is 16.9 Å². The van der Waals surface area contributed by atoms with E-state index in [-0.39, 0.29) is 29.1 Å². The van der Waals surface area contributed by atoms with Crippen LogP contribution in [-0.2, 0) is 19.2 Å². The van der Waals surface area contributed by atoms with Gasteiger partial charge >= 0.3 is 6.18 Å². The third kappa shape index (κ3) is 4.27. The molecule has 0 aliphatic rings. The Morgan fingerprint density at radius 3 is 2.55 bits per heavy atom. The van der Waals surface area contributed by atoms with Crippen LogP contribution in [0.1, 0.15) is 38.4 Å². The van der Waals surface area contributed by atoms with Crippen LogP contribution in [0, 0.1) is 12.7 Å². The van der Waals surface area contributed by atoms with Crippen molar-refractivity contribution in [2.45, 2.75) is 26.1 Å². The standard InChI is InChI=1S/C19H16F4N4O2/c1-10-17(18(24)29)15(9-28)27(26-10)16-7-11(2-3-25-16)4-12-5-13(19(21,22)23)8-14(20)6-12/h2-3,5-8,28H,4,9H2,1H3,(H2,24,29). The van der Waals surface area contributed by atoms with Crippen molar-refractivity contribution in [1.82, 2.24) is 14.8 Å². The molecule has 152 valence electrons. The molecule has 0 unspecified atom stereocenters. The number of halogens is 4. The molecule has 0 saturated heterocycles. The summed E-state index contributed by atoms with van der Waals surface area (Å²) < 4.78 is 53.6. The minimum atomic E-state index is -4.66. The van der Waals surface area contributed by atoms with E-state index >= 15 is 0 Å². The summed E-state index contributed by atoms with van der Waals surface area (Å²) in [6.45, 7) is 1.02. The minimum absolute atomic E-state index is 0.00768. The summed E-state index contributed by atoms with van der Waals surface area (Å²) in [5.74, 6) is -1.51. The number of carbonyl (C=O) groups excluding carboxylic acids is 1. The van der Waals surface area contributed by atoms with E-state index in [9.17, 15) is 27.5 Å². The molecule has 3 rings (SSSR count). The zero-order valence-electron chi connectivity index (χ0n) is 15.2. The number of benzene rings is 1. The average molecular weight is 408 g/mol. The number of carbonyl (C=O) groups is 1. The first kappa shape index (κ1) is 20.5. The van der Waals surface area contributed by atoms with E-state index in [4.69, 9.17) is 5.73 Å². The second-order valence-electron chi connectivity index (χ2n) is 6.39. The summed E-state index contributed by atoms with van der Waals surface area (Å²) in [5.41, 5.74) is 5.43. The zero-order valence-corrected chi connectivity index (χ0v) is 15.2. The highest BCUT2D eigenvalue weighted by Gasteiger charge is 2.31. The van der Waals surface area contributed by atoms with Crippen molar-refractivity contribution in [3.05, 3.63) is 76.0 Å². The number of aromatic nitrogens is 3. The number of hydrogen-bond acceptors (Lipinski definition) is 4. The Kier molecular flexibility index (Phi) is 5.38. The maximum Gasteiger partial charge on any atom is 0.416 e. The molecule has 2 aromatic heterocycles. The fourth-order valence-corrected chi connectivity index (χ4v) is 3.07. The van der Waals surface area contributed by atoms with E-state index in [1.54, 1.807) is 13.0 Å². The zero-order chi connectivity index (χ0) is 21.3. The van der Waals surface area contributed by atoms with Gasteiger partial charge in [-0.15, -0.1) is 0 Å². The van der Waals surface area contributed by atoms with Crippen molar-refractivity contribution in [3.8, 4) is 5.82 Å². The van der Waals surface area contributed by atoms with Crippen molar-refractivity contribution < 1.29 is 27.5 Å². The van der Waals surface area contributed by atoms with Crippen LogP contribution in [0.4, 0.5) is 17.6 Å². The number of pyridine rings is 1. The summed E-state index contributed by atoms with van der Waals surface area (Å²) >= 11 is 0. The number of hydrogen-bond donors (Lipinski definition) is 2. The van der Waals surface area contributed by atoms with Gasteiger partial charge in [-0.2, -0.15) is 18.3 Å². The van der Waals surface area contributed by atoms with Crippen LogP contribution in [0.15, 0.2) is 36.5 Å². The molecular weight excluding hydrogens is 392 g/mol. The van der Waals surface area contributed by atoms with E-state index < -0.39 is 30.1 Å². The topological polar surface area (TPSA) is 94.0 Å². The minimum Gasteiger partial charge on any atom is -0.390 e. The van der Waals surface area contributed by atoms with Crippen LogP contribution in [0.2, 0.25) is 0 Å². The number of aliphatic hydroxyl groups excluding tert-OH is 1. The first-order valence-corrected chi connectivity index (χ1v) is 8.41. The first-order chi connectivity index (χ1) is 13.6. The third-order valence-electron chi connectivity index (χ3n) is 4.27. The Morgan fingerprint density at radius 1 is 1.21 bits per heavy atom. The van der Waals surface area contributed by atoms with Crippen molar-refractivity contribution in [1.29, 1.82) is 0 Å². The highest BCUT2D eigenvalue weighted by atomic mass is 19.4. The Balaban J connectivity index is 1.99. The van der Waals surface area contributed by atoms with Gasteiger partial charge in [0.1, 0.15) is 5.82 Å². The van der Waals surface area contributed by atoms with Gasteiger partial charge in [-0.25, -0.2) is 14.1 Å². The second-order valence-corrected chi connectivity index (χ2v) is 6.39.